The van der Waals surface area contributed by atoms with E-state index < -0.39 is 0 Å². The van der Waals surface area contributed by atoms with Crippen LogP contribution in [0.4, 0.5) is 0 Å². The molecule has 2 aromatic rings. The molecule has 1 atom stereocenters. The van der Waals surface area contributed by atoms with Crippen molar-refractivity contribution in [1.29, 1.82) is 0 Å². The van der Waals surface area contributed by atoms with Crippen LogP contribution in [0.5, 0.6) is 0 Å². The van der Waals surface area contributed by atoms with Crippen molar-refractivity contribution < 1.29 is 4.79 Å². The first kappa shape index (κ1) is 17.7. The third kappa shape index (κ3) is 3.45. The second-order valence-corrected chi connectivity index (χ2v) is 9.34. The summed E-state index contributed by atoms with van der Waals surface area (Å²) in [7, 11) is 0. The van der Waals surface area contributed by atoms with Gasteiger partial charge in [0.05, 0.1) is 5.25 Å². The zero-order valence-electron chi connectivity index (χ0n) is 15.0. The van der Waals surface area contributed by atoms with Gasteiger partial charge >= 0.3 is 0 Å². The van der Waals surface area contributed by atoms with Crippen LogP contribution in [0.3, 0.4) is 0 Å². The van der Waals surface area contributed by atoms with Crippen LogP contribution in [0.25, 0.3) is 10.2 Å². The van der Waals surface area contributed by atoms with Gasteiger partial charge in [0.2, 0.25) is 5.91 Å². The molecule has 130 valence electrons. The van der Waals surface area contributed by atoms with Crippen LogP contribution in [-0.2, 0) is 4.79 Å². The number of rotatable bonds is 3. The fraction of sp³-hybridized carbons (Fsp3) is 0.611. The number of hydrogen-bond acceptors (Lipinski definition) is 5. The molecule has 6 heteroatoms. The number of carbonyl (C=O) groups is 1. The molecule has 1 fully saturated rings. The minimum Gasteiger partial charge on any atom is -0.342 e. The average Bonchev–Trinajstić information content (AvgIpc) is 2.81. The molecule has 0 N–H and O–H groups in total. The number of hydrogen-bond donors (Lipinski definition) is 0. The minimum absolute atomic E-state index is 0.115. The van der Waals surface area contributed by atoms with Gasteiger partial charge in [-0.25, -0.2) is 9.97 Å². The van der Waals surface area contributed by atoms with E-state index in [2.05, 4.69) is 30.7 Å². The van der Waals surface area contributed by atoms with Gasteiger partial charge in [0, 0.05) is 23.4 Å². The Bertz CT molecular complexity index is 763. The normalized spacial score (nSPS) is 17.5. The Morgan fingerprint density at radius 2 is 1.92 bits per heavy atom. The van der Waals surface area contributed by atoms with Gasteiger partial charge in [-0.3, -0.25) is 4.79 Å². The first-order valence-corrected chi connectivity index (χ1v) is 10.3. The molecule has 3 rings (SSSR count). The van der Waals surface area contributed by atoms with Crippen LogP contribution in [-0.4, -0.2) is 39.1 Å². The zero-order valence-corrected chi connectivity index (χ0v) is 16.7. The van der Waals surface area contributed by atoms with Crippen LogP contribution in [0.1, 0.15) is 43.0 Å². The van der Waals surface area contributed by atoms with Gasteiger partial charge in [-0.2, -0.15) is 0 Å². The third-order valence-corrected chi connectivity index (χ3v) is 7.01. The Hall–Kier alpha value is -1.14. The van der Waals surface area contributed by atoms with Crippen LogP contribution < -0.4 is 0 Å². The maximum absolute atomic E-state index is 12.8. The Kier molecular flexibility index (Phi) is 5.16. The molecule has 0 bridgehead atoms. The van der Waals surface area contributed by atoms with Crippen molar-refractivity contribution in [2.45, 2.75) is 57.7 Å². The standard InChI is InChI=1S/C18H25N3OS2/c1-10-6-8-21(9-7-10)18(22)13(4)24-17-15-11(2)12(3)23-16(15)19-14(5)20-17/h10,13H,6-9H2,1-5H3/t13-/m0/s1. The summed E-state index contributed by atoms with van der Waals surface area (Å²) in [6.07, 6.45) is 2.23. The van der Waals surface area contributed by atoms with Crippen molar-refractivity contribution in [2.24, 2.45) is 5.92 Å². The zero-order chi connectivity index (χ0) is 17.4. The number of carbonyl (C=O) groups excluding carboxylic acids is 1. The topological polar surface area (TPSA) is 46.1 Å². The van der Waals surface area contributed by atoms with Gasteiger partial charge in [0.15, 0.2) is 0 Å². The first-order valence-electron chi connectivity index (χ1n) is 8.56. The van der Waals surface area contributed by atoms with E-state index in [0.717, 1.165) is 52.9 Å². The molecule has 0 aliphatic carbocycles. The minimum atomic E-state index is -0.115. The molecule has 0 spiro atoms. The SMILES string of the molecule is Cc1nc(S[C@@H](C)C(=O)N2CCC(C)CC2)c2c(C)c(C)sc2n1. The molecule has 0 radical (unpaired) electrons. The van der Waals surface area contributed by atoms with Crippen LogP contribution in [0.2, 0.25) is 0 Å². The summed E-state index contributed by atoms with van der Waals surface area (Å²) in [5, 5.41) is 1.96. The predicted molar refractivity (Wildman–Crippen MR) is 102 cm³/mol. The highest BCUT2D eigenvalue weighted by molar-refractivity contribution is 8.00. The van der Waals surface area contributed by atoms with Crippen molar-refractivity contribution in [3.8, 4) is 0 Å². The monoisotopic (exact) mass is 363 g/mol. The van der Waals surface area contributed by atoms with Crippen molar-refractivity contribution in [1.82, 2.24) is 14.9 Å². The summed E-state index contributed by atoms with van der Waals surface area (Å²) in [4.78, 5) is 26.3. The molecule has 24 heavy (non-hydrogen) atoms. The lowest BCUT2D eigenvalue weighted by Gasteiger charge is -2.32. The molecule has 0 aromatic carbocycles. The summed E-state index contributed by atoms with van der Waals surface area (Å²) >= 11 is 3.29. The highest BCUT2D eigenvalue weighted by Gasteiger charge is 2.26. The second kappa shape index (κ2) is 7.00. The summed E-state index contributed by atoms with van der Waals surface area (Å²) in [6.45, 7) is 12.2. The molecular formula is C18H25N3OS2. The lowest BCUT2D eigenvalue weighted by molar-refractivity contribution is -0.131. The average molecular weight is 364 g/mol. The van der Waals surface area contributed by atoms with Gasteiger partial charge in [-0.05, 0) is 52.0 Å². The lowest BCUT2D eigenvalue weighted by atomic mass is 9.99. The summed E-state index contributed by atoms with van der Waals surface area (Å²) < 4.78 is 0. The highest BCUT2D eigenvalue weighted by atomic mass is 32.2. The maximum Gasteiger partial charge on any atom is 0.235 e. The fourth-order valence-electron chi connectivity index (χ4n) is 3.10. The summed E-state index contributed by atoms with van der Waals surface area (Å²) in [5.41, 5.74) is 1.24. The molecule has 0 unspecified atom stereocenters. The Balaban J connectivity index is 1.82. The fourth-order valence-corrected chi connectivity index (χ4v) is 5.38. The van der Waals surface area contributed by atoms with Crippen molar-refractivity contribution in [3.63, 3.8) is 0 Å². The smallest absolute Gasteiger partial charge is 0.235 e. The van der Waals surface area contributed by atoms with Gasteiger partial charge in [-0.1, -0.05) is 18.7 Å². The largest absolute Gasteiger partial charge is 0.342 e. The van der Waals surface area contributed by atoms with E-state index in [1.165, 1.54) is 10.4 Å². The molecule has 0 saturated carbocycles. The van der Waals surface area contributed by atoms with Gasteiger partial charge in [0.25, 0.3) is 0 Å². The van der Waals surface area contributed by atoms with Crippen molar-refractivity contribution >= 4 is 39.2 Å². The van der Waals surface area contributed by atoms with Crippen molar-refractivity contribution in [3.05, 3.63) is 16.3 Å². The molecule has 2 aromatic heterocycles. The molecular weight excluding hydrogens is 338 g/mol. The summed E-state index contributed by atoms with van der Waals surface area (Å²) in [6, 6.07) is 0. The first-order chi connectivity index (χ1) is 11.4. The lowest BCUT2D eigenvalue weighted by Crippen LogP contribution is -2.41. The Morgan fingerprint density at radius 3 is 2.58 bits per heavy atom. The number of thiophene rings is 1. The number of fused-ring (bicyclic) bond motifs is 1. The van der Waals surface area contributed by atoms with Crippen LogP contribution >= 0.6 is 23.1 Å². The van der Waals surface area contributed by atoms with E-state index in [-0.39, 0.29) is 11.2 Å². The van der Waals surface area contributed by atoms with Crippen LogP contribution in [0, 0.1) is 26.7 Å². The van der Waals surface area contributed by atoms with Gasteiger partial charge in [0.1, 0.15) is 15.7 Å². The third-order valence-electron chi connectivity index (χ3n) is 4.84. The van der Waals surface area contributed by atoms with E-state index in [9.17, 15) is 4.79 Å². The van der Waals surface area contributed by atoms with E-state index in [4.69, 9.17) is 0 Å². The highest BCUT2D eigenvalue weighted by Crippen LogP contribution is 2.37. The van der Waals surface area contributed by atoms with E-state index in [0.29, 0.717) is 0 Å². The molecule has 4 nitrogen and oxygen atoms in total. The Morgan fingerprint density at radius 1 is 1.25 bits per heavy atom. The van der Waals surface area contributed by atoms with E-state index >= 15 is 0 Å². The maximum atomic E-state index is 12.8. The van der Waals surface area contributed by atoms with E-state index in [1.807, 2.05) is 18.7 Å². The Labute approximate surface area is 152 Å². The number of piperidine rings is 1. The quantitative estimate of drug-likeness (QED) is 0.600. The number of likely N-dealkylation sites (tertiary alicyclic amines) is 1. The predicted octanol–water partition coefficient (Wildman–Crippen LogP) is 4.36. The van der Waals surface area contributed by atoms with Crippen LogP contribution in [0.15, 0.2) is 5.03 Å². The molecule has 1 aliphatic heterocycles. The number of amides is 1. The molecule has 1 amide bonds. The number of nitrogens with zero attached hydrogens (tertiary/aromatic N) is 3. The number of aromatic nitrogens is 2. The second-order valence-electron chi connectivity index (χ2n) is 6.81. The molecule has 1 saturated heterocycles. The van der Waals surface area contributed by atoms with Gasteiger partial charge < -0.3 is 4.90 Å². The molecule has 1 aliphatic rings. The summed E-state index contributed by atoms with van der Waals surface area (Å²) in [5.74, 6) is 1.75. The number of thioether (sulfide) groups is 1. The van der Waals surface area contributed by atoms with Crippen molar-refractivity contribution in [2.75, 3.05) is 13.1 Å². The van der Waals surface area contributed by atoms with E-state index in [1.54, 1.807) is 23.1 Å². The number of aryl methyl sites for hydroxylation is 3. The molecule has 3 heterocycles. The van der Waals surface area contributed by atoms with Gasteiger partial charge in [-0.15, -0.1) is 11.3 Å².